The van der Waals surface area contributed by atoms with Crippen molar-refractivity contribution >= 4 is 24.8 Å². The van der Waals surface area contributed by atoms with Crippen molar-refractivity contribution in [2.24, 2.45) is 0 Å². The van der Waals surface area contributed by atoms with Crippen LogP contribution in [0.1, 0.15) is 6.92 Å². The van der Waals surface area contributed by atoms with E-state index in [0.29, 0.717) is 6.29 Å². The molecule has 4 N–H and O–H groups in total. The van der Waals surface area contributed by atoms with E-state index in [2.05, 4.69) is 17.9 Å². The summed E-state index contributed by atoms with van der Waals surface area (Å²) in [6.07, 6.45) is -2.59. The van der Waals surface area contributed by atoms with Crippen LogP contribution >= 0.6 is 12.6 Å². The van der Waals surface area contributed by atoms with Crippen molar-refractivity contribution in [2.45, 2.75) is 30.4 Å². The topological polar surface area (TPSA) is 107 Å². The molecule has 0 spiro atoms. The van der Waals surface area contributed by atoms with Gasteiger partial charge in [-0.05, 0) is 0 Å². The highest BCUT2D eigenvalue weighted by molar-refractivity contribution is 7.81. The van der Waals surface area contributed by atoms with Gasteiger partial charge in [-0.15, -0.1) is 0 Å². The third-order valence-corrected chi connectivity index (χ3v) is 2.28. The third-order valence-electron chi connectivity index (χ3n) is 1.82. The molecule has 0 aromatic heterocycles. The van der Waals surface area contributed by atoms with E-state index in [1.54, 1.807) is 0 Å². The quantitative estimate of drug-likeness (QED) is 0.264. The average molecular weight is 237 g/mol. The van der Waals surface area contributed by atoms with Crippen LogP contribution in [-0.2, 0) is 9.59 Å². The Morgan fingerprint density at radius 3 is 2.33 bits per heavy atom. The Bertz CT molecular complexity index is 225. The van der Waals surface area contributed by atoms with Crippen LogP contribution in [0, 0.1) is 0 Å². The number of hydrogen-bond donors (Lipinski definition) is 5. The minimum absolute atomic E-state index is 0.313. The molecule has 7 heteroatoms. The molecule has 6 nitrogen and oxygen atoms in total. The summed E-state index contributed by atoms with van der Waals surface area (Å²) in [6.45, 7) is 0.729. The van der Waals surface area contributed by atoms with Crippen molar-refractivity contribution in [1.82, 2.24) is 5.32 Å². The predicted molar refractivity (Wildman–Crippen MR) is 55.5 cm³/mol. The van der Waals surface area contributed by atoms with Crippen molar-refractivity contribution in [3.8, 4) is 0 Å². The molecule has 0 heterocycles. The van der Waals surface area contributed by atoms with Gasteiger partial charge in [-0.25, -0.2) is 0 Å². The van der Waals surface area contributed by atoms with Crippen molar-refractivity contribution < 1.29 is 24.9 Å². The fraction of sp³-hybridized carbons (Fsp3) is 0.750. The lowest BCUT2D eigenvalue weighted by atomic mass is 10.0. The van der Waals surface area contributed by atoms with Crippen molar-refractivity contribution in [1.29, 1.82) is 0 Å². The van der Waals surface area contributed by atoms with Gasteiger partial charge in [0.25, 0.3) is 0 Å². The maximum atomic E-state index is 10.6. The number of carbonyl (C=O) groups excluding carboxylic acids is 2. The second-order valence-corrected chi connectivity index (χ2v) is 3.76. The monoisotopic (exact) mass is 237 g/mol. The Balaban J connectivity index is 4.42. The lowest BCUT2D eigenvalue weighted by Gasteiger charge is -2.26. The summed E-state index contributed by atoms with van der Waals surface area (Å²) in [5.74, 6) is -0.502. The first kappa shape index (κ1) is 14.4. The lowest BCUT2D eigenvalue weighted by molar-refractivity contribution is -0.125. The highest BCUT2D eigenvalue weighted by Crippen LogP contribution is 2.08. The third kappa shape index (κ3) is 4.61. The first-order chi connectivity index (χ1) is 6.93. The molecule has 0 radical (unpaired) electrons. The van der Waals surface area contributed by atoms with Crippen LogP contribution in [0.25, 0.3) is 0 Å². The number of carbonyl (C=O) groups is 2. The van der Waals surface area contributed by atoms with Crippen molar-refractivity contribution in [3.63, 3.8) is 0 Å². The van der Waals surface area contributed by atoms with E-state index in [4.69, 9.17) is 5.11 Å². The number of nitrogens with one attached hydrogen (secondary N) is 1. The van der Waals surface area contributed by atoms with E-state index < -0.39 is 36.0 Å². The molecular formula is C8H15NO5S. The highest BCUT2D eigenvalue weighted by Gasteiger charge is 2.30. The Morgan fingerprint density at radius 1 is 1.47 bits per heavy atom. The van der Waals surface area contributed by atoms with E-state index in [0.717, 1.165) is 0 Å². The summed E-state index contributed by atoms with van der Waals surface area (Å²) in [5, 5.41) is 28.8. The van der Waals surface area contributed by atoms with Crippen molar-refractivity contribution in [3.05, 3.63) is 0 Å². The van der Waals surface area contributed by atoms with Gasteiger partial charge in [-0.2, -0.15) is 12.6 Å². The summed E-state index contributed by atoms with van der Waals surface area (Å²) in [6, 6.07) is -1.21. The molecule has 0 aliphatic heterocycles. The van der Waals surface area contributed by atoms with Crippen LogP contribution in [0.15, 0.2) is 0 Å². The van der Waals surface area contributed by atoms with Gasteiger partial charge in [0, 0.05) is 6.92 Å². The number of hydrogen-bond acceptors (Lipinski definition) is 6. The Kier molecular flexibility index (Phi) is 6.50. The molecule has 0 rings (SSSR count). The summed E-state index contributed by atoms with van der Waals surface area (Å²) in [7, 11) is 0. The number of aldehydes is 1. The Morgan fingerprint density at radius 2 is 2.00 bits per heavy atom. The second-order valence-electron chi connectivity index (χ2n) is 3.09. The van der Waals surface area contributed by atoms with E-state index in [1.165, 1.54) is 6.92 Å². The minimum atomic E-state index is -1.50. The molecule has 0 aliphatic carbocycles. The number of aliphatic hydroxyl groups excluding tert-OH is 3. The van der Waals surface area contributed by atoms with E-state index in [1.807, 2.05) is 0 Å². The molecule has 0 aromatic carbocycles. The molecule has 4 atom stereocenters. The largest absolute Gasteiger partial charge is 0.395 e. The van der Waals surface area contributed by atoms with Gasteiger partial charge >= 0.3 is 0 Å². The van der Waals surface area contributed by atoms with Gasteiger partial charge in [0.1, 0.15) is 18.4 Å². The molecule has 0 unspecified atom stereocenters. The van der Waals surface area contributed by atoms with Crippen molar-refractivity contribution in [2.75, 3.05) is 6.61 Å². The molecule has 0 aromatic rings. The average Bonchev–Trinajstić information content (AvgIpc) is 2.22. The molecule has 0 bridgehead atoms. The zero-order valence-electron chi connectivity index (χ0n) is 8.20. The normalized spacial score (nSPS) is 18.7. The zero-order chi connectivity index (χ0) is 12.0. The van der Waals surface area contributed by atoms with Gasteiger partial charge in [0.05, 0.1) is 18.0 Å². The van der Waals surface area contributed by atoms with Crippen LogP contribution in [0.2, 0.25) is 0 Å². The standard InChI is InChI=1S/C8H15NO5S/c1-4(12)9-5(2-10)7(13)8(14)6(15)3-11/h2,5-8,11,13-15H,3H2,1H3,(H,9,12)/t5-,6+,7-,8-/m1/s1. The first-order valence-electron chi connectivity index (χ1n) is 4.31. The molecule has 0 saturated carbocycles. The van der Waals surface area contributed by atoms with Crippen LogP contribution in [0.3, 0.4) is 0 Å². The fourth-order valence-corrected chi connectivity index (χ4v) is 1.16. The molecule has 1 amide bonds. The van der Waals surface area contributed by atoms with Gasteiger partial charge in [-0.1, -0.05) is 0 Å². The number of rotatable bonds is 6. The summed E-state index contributed by atoms with van der Waals surface area (Å²) >= 11 is 3.80. The van der Waals surface area contributed by atoms with Crippen LogP contribution < -0.4 is 5.32 Å². The van der Waals surface area contributed by atoms with Crippen LogP contribution in [0.4, 0.5) is 0 Å². The fourth-order valence-electron chi connectivity index (χ4n) is 0.983. The first-order valence-corrected chi connectivity index (χ1v) is 4.83. The predicted octanol–water partition coefficient (Wildman–Crippen LogP) is -2.30. The smallest absolute Gasteiger partial charge is 0.217 e. The van der Waals surface area contributed by atoms with E-state index in [-0.39, 0.29) is 0 Å². The SMILES string of the molecule is CC(=O)N[C@H](C=O)[C@@H](O)[C@H](O)[C@@H](S)CO. The zero-order valence-corrected chi connectivity index (χ0v) is 9.09. The molecule has 15 heavy (non-hydrogen) atoms. The highest BCUT2D eigenvalue weighted by atomic mass is 32.1. The maximum Gasteiger partial charge on any atom is 0.217 e. The maximum absolute atomic E-state index is 10.6. The van der Waals surface area contributed by atoms with Gasteiger partial charge in [0.15, 0.2) is 0 Å². The number of amides is 1. The number of aliphatic hydroxyl groups is 3. The van der Waals surface area contributed by atoms with Crippen LogP contribution in [0.5, 0.6) is 0 Å². The molecule has 0 fully saturated rings. The summed E-state index contributed by atoms with van der Waals surface area (Å²) in [4.78, 5) is 21.2. The molecule has 0 saturated heterocycles. The number of thiol groups is 1. The van der Waals surface area contributed by atoms with Gasteiger partial charge in [-0.3, -0.25) is 4.79 Å². The molecule has 0 aliphatic rings. The molecular weight excluding hydrogens is 222 g/mol. The van der Waals surface area contributed by atoms with Gasteiger partial charge < -0.3 is 25.4 Å². The molecule has 88 valence electrons. The second kappa shape index (κ2) is 6.78. The summed E-state index contributed by atoms with van der Waals surface area (Å²) < 4.78 is 0. The minimum Gasteiger partial charge on any atom is -0.395 e. The van der Waals surface area contributed by atoms with Gasteiger partial charge in [0.2, 0.25) is 5.91 Å². The lowest BCUT2D eigenvalue weighted by Crippen LogP contribution is -2.52. The Hall–Kier alpha value is -0.630. The summed E-state index contributed by atoms with van der Waals surface area (Å²) in [5.41, 5.74) is 0. The van der Waals surface area contributed by atoms with E-state index >= 15 is 0 Å². The van der Waals surface area contributed by atoms with E-state index in [9.17, 15) is 19.8 Å². The Labute approximate surface area is 92.7 Å². The van der Waals surface area contributed by atoms with Crippen LogP contribution in [-0.4, -0.2) is 57.6 Å².